The van der Waals surface area contributed by atoms with Gasteiger partial charge >= 0.3 is 0 Å². The van der Waals surface area contributed by atoms with Crippen molar-refractivity contribution in [1.82, 2.24) is 9.97 Å². The summed E-state index contributed by atoms with van der Waals surface area (Å²) < 4.78 is 5.67. The van der Waals surface area contributed by atoms with Gasteiger partial charge in [-0.2, -0.15) is 0 Å². The summed E-state index contributed by atoms with van der Waals surface area (Å²) in [4.78, 5) is 7.25. The van der Waals surface area contributed by atoms with Gasteiger partial charge in [-0.05, 0) is 34.5 Å². The minimum Gasteiger partial charge on any atom is -0.477 e. The van der Waals surface area contributed by atoms with Gasteiger partial charge in [-0.3, -0.25) is 0 Å². The van der Waals surface area contributed by atoms with Crippen LogP contribution >= 0.6 is 15.9 Å². The Bertz CT molecular complexity index is 427. The lowest BCUT2D eigenvalue weighted by Gasteiger charge is -2.10. The number of H-pyrrole nitrogens is 1. The Morgan fingerprint density at radius 1 is 1.57 bits per heavy atom. The molecule has 0 saturated heterocycles. The molecule has 0 spiro atoms. The Labute approximate surface area is 90.6 Å². The van der Waals surface area contributed by atoms with E-state index in [2.05, 4.69) is 32.8 Å². The van der Waals surface area contributed by atoms with Crippen LogP contribution in [0, 0.1) is 0 Å². The van der Waals surface area contributed by atoms with Crippen LogP contribution in [0.3, 0.4) is 0 Å². The van der Waals surface area contributed by atoms with E-state index in [1.807, 2.05) is 18.2 Å². The van der Waals surface area contributed by atoms with Gasteiger partial charge < -0.3 is 9.72 Å². The van der Waals surface area contributed by atoms with Crippen LogP contribution in [-0.4, -0.2) is 15.0 Å². The van der Waals surface area contributed by atoms with Gasteiger partial charge in [0.2, 0.25) is 0 Å². The number of rotatable bonds is 3. The second-order valence-corrected chi connectivity index (χ2v) is 4.01. The SMILES string of the molecule is CCC(Br)Oc1cccc2[nH]cnc12. The molecule has 0 radical (unpaired) electrons. The smallest absolute Gasteiger partial charge is 0.153 e. The largest absolute Gasteiger partial charge is 0.477 e. The van der Waals surface area contributed by atoms with E-state index in [4.69, 9.17) is 4.74 Å². The molecule has 0 amide bonds. The number of alkyl halides is 1. The van der Waals surface area contributed by atoms with Crippen molar-refractivity contribution in [3.63, 3.8) is 0 Å². The normalized spacial score (nSPS) is 13.0. The second kappa shape index (κ2) is 4.00. The number of benzene rings is 1. The molecule has 1 N–H and O–H groups in total. The van der Waals surface area contributed by atoms with E-state index in [-0.39, 0.29) is 5.01 Å². The Balaban J connectivity index is 2.36. The van der Waals surface area contributed by atoms with Gasteiger partial charge in [0.1, 0.15) is 11.3 Å². The average Bonchev–Trinajstić information content (AvgIpc) is 2.66. The molecule has 2 rings (SSSR count). The molecule has 4 heteroatoms. The third-order valence-electron chi connectivity index (χ3n) is 1.99. The third kappa shape index (κ3) is 1.75. The molecule has 14 heavy (non-hydrogen) atoms. The molecular formula is C10H11BrN2O. The van der Waals surface area contributed by atoms with Crippen LogP contribution in [0.15, 0.2) is 24.5 Å². The molecule has 0 saturated carbocycles. The van der Waals surface area contributed by atoms with E-state index in [1.165, 1.54) is 0 Å². The summed E-state index contributed by atoms with van der Waals surface area (Å²) in [6.07, 6.45) is 2.59. The lowest BCUT2D eigenvalue weighted by Crippen LogP contribution is -2.05. The summed E-state index contributed by atoms with van der Waals surface area (Å²) in [6, 6.07) is 5.85. The quantitative estimate of drug-likeness (QED) is 0.856. The Kier molecular flexibility index (Phi) is 2.72. The minimum atomic E-state index is 0.0461. The molecule has 1 unspecified atom stereocenters. The number of aromatic nitrogens is 2. The zero-order chi connectivity index (χ0) is 9.97. The van der Waals surface area contributed by atoms with Gasteiger partial charge in [0.15, 0.2) is 5.01 Å². The fourth-order valence-corrected chi connectivity index (χ4v) is 1.46. The van der Waals surface area contributed by atoms with Crippen molar-refractivity contribution in [3.8, 4) is 5.75 Å². The van der Waals surface area contributed by atoms with Crippen molar-refractivity contribution in [3.05, 3.63) is 24.5 Å². The van der Waals surface area contributed by atoms with Crippen LogP contribution in [0.2, 0.25) is 0 Å². The molecule has 2 aromatic rings. The first-order chi connectivity index (χ1) is 6.81. The van der Waals surface area contributed by atoms with E-state index in [0.29, 0.717) is 0 Å². The minimum absolute atomic E-state index is 0.0461. The summed E-state index contributed by atoms with van der Waals surface area (Å²) in [6.45, 7) is 2.06. The van der Waals surface area contributed by atoms with E-state index < -0.39 is 0 Å². The number of fused-ring (bicyclic) bond motifs is 1. The second-order valence-electron chi connectivity index (χ2n) is 2.99. The van der Waals surface area contributed by atoms with Crippen LogP contribution in [0.1, 0.15) is 13.3 Å². The number of para-hydroxylation sites is 1. The van der Waals surface area contributed by atoms with Gasteiger partial charge in [-0.1, -0.05) is 13.0 Å². The fraction of sp³-hybridized carbons (Fsp3) is 0.300. The number of nitrogens with zero attached hydrogens (tertiary/aromatic N) is 1. The van der Waals surface area contributed by atoms with Crippen molar-refractivity contribution in [2.75, 3.05) is 0 Å². The summed E-state index contributed by atoms with van der Waals surface area (Å²) >= 11 is 3.43. The number of imidazole rings is 1. The summed E-state index contributed by atoms with van der Waals surface area (Å²) in [5.74, 6) is 0.812. The topological polar surface area (TPSA) is 37.9 Å². The number of halogens is 1. The first-order valence-corrected chi connectivity index (χ1v) is 5.45. The van der Waals surface area contributed by atoms with Crippen molar-refractivity contribution in [2.24, 2.45) is 0 Å². The fourth-order valence-electron chi connectivity index (χ4n) is 1.25. The molecular weight excluding hydrogens is 244 g/mol. The number of hydrogen-bond acceptors (Lipinski definition) is 2. The molecule has 1 aromatic heterocycles. The lowest BCUT2D eigenvalue weighted by molar-refractivity contribution is 0.293. The molecule has 0 aliphatic heterocycles. The van der Waals surface area contributed by atoms with Crippen LogP contribution in [-0.2, 0) is 0 Å². The monoisotopic (exact) mass is 254 g/mol. The van der Waals surface area contributed by atoms with E-state index in [0.717, 1.165) is 23.2 Å². The van der Waals surface area contributed by atoms with Gasteiger partial charge in [-0.15, -0.1) is 0 Å². The molecule has 0 fully saturated rings. The first-order valence-electron chi connectivity index (χ1n) is 4.54. The van der Waals surface area contributed by atoms with Gasteiger partial charge in [0.25, 0.3) is 0 Å². The van der Waals surface area contributed by atoms with E-state index in [1.54, 1.807) is 6.33 Å². The maximum absolute atomic E-state index is 5.67. The molecule has 74 valence electrons. The highest BCUT2D eigenvalue weighted by molar-refractivity contribution is 9.09. The van der Waals surface area contributed by atoms with Crippen LogP contribution < -0.4 is 4.74 Å². The lowest BCUT2D eigenvalue weighted by atomic mass is 10.3. The number of hydrogen-bond donors (Lipinski definition) is 1. The Hall–Kier alpha value is -1.03. The zero-order valence-corrected chi connectivity index (χ0v) is 9.41. The molecule has 1 atom stereocenters. The first kappa shape index (κ1) is 9.52. The average molecular weight is 255 g/mol. The van der Waals surface area contributed by atoms with Crippen molar-refractivity contribution < 1.29 is 4.74 Å². The summed E-state index contributed by atoms with van der Waals surface area (Å²) in [5, 5.41) is 0.0461. The van der Waals surface area contributed by atoms with Crippen LogP contribution in [0.5, 0.6) is 5.75 Å². The number of aromatic amines is 1. The van der Waals surface area contributed by atoms with Gasteiger partial charge in [0.05, 0.1) is 11.8 Å². The maximum Gasteiger partial charge on any atom is 0.153 e. The molecule has 0 aliphatic carbocycles. The van der Waals surface area contributed by atoms with Crippen molar-refractivity contribution >= 4 is 27.0 Å². The molecule has 1 heterocycles. The molecule has 0 bridgehead atoms. The standard InChI is InChI=1S/C10H11BrN2O/c1-2-9(11)14-8-5-3-4-7-10(8)13-6-12-7/h3-6,9H,2H2,1H3,(H,12,13). The third-order valence-corrected chi connectivity index (χ3v) is 2.82. The highest BCUT2D eigenvalue weighted by Gasteiger charge is 2.07. The van der Waals surface area contributed by atoms with Crippen molar-refractivity contribution in [1.29, 1.82) is 0 Å². The Morgan fingerprint density at radius 2 is 2.43 bits per heavy atom. The predicted octanol–water partition coefficient (Wildman–Crippen LogP) is 3.07. The van der Waals surface area contributed by atoms with Gasteiger partial charge in [0, 0.05) is 0 Å². The Morgan fingerprint density at radius 3 is 3.21 bits per heavy atom. The highest BCUT2D eigenvalue weighted by atomic mass is 79.9. The van der Waals surface area contributed by atoms with Gasteiger partial charge in [-0.25, -0.2) is 4.98 Å². The van der Waals surface area contributed by atoms with Crippen molar-refractivity contribution in [2.45, 2.75) is 18.4 Å². The molecule has 1 aromatic carbocycles. The highest BCUT2D eigenvalue weighted by Crippen LogP contribution is 2.24. The molecule has 0 aliphatic rings. The number of ether oxygens (including phenoxy) is 1. The molecule has 3 nitrogen and oxygen atoms in total. The summed E-state index contributed by atoms with van der Waals surface area (Å²) in [7, 11) is 0. The van der Waals surface area contributed by atoms with E-state index in [9.17, 15) is 0 Å². The maximum atomic E-state index is 5.67. The van der Waals surface area contributed by atoms with E-state index >= 15 is 0 Å². The zero-order valence-electron chi connectivity index (χ0n) is 7.83. The summed E-state index contributed by atoms with van der Waals surface area (Å²) in [5.41, 5.74) is 1.88. The number of nitrogens with one attached hydrogen (secondary N) is 1. The van der Waals surface area contributed by atoms with Crippen LogP contribution in [0.25, 0.3) is 11.0 Å². The predicted molar refractivity (Wildman–Crippen MR) is 59.7 cm³/mol. The van der Waals surface area contributed by atoms with Crippen LogP contribution in [0.4, 0.5) is 0 Å².